The highest BCUT2D eigenvalue weighted by molar-refractivity contribution is 5.70. The zero-order chi connectivity index (χ0) is 13.8. The minimum Gasteiger partial charge on any atom is -0.466 e. The predicted octanol–water partition coefficient (Wildman–Crippen LogP) is 3.76. The lowest BCUT2D eigenvalue weighted by atomic mass is 9.97. The Hall–Kier alpha value is -1.52. The van der Waals surface area contributed by atoms with E-state index >= 15 is 0 Å². The van der Waals surface area contributed by atoms with Crippen molar-refractivity contribution in [1.82, 2.24) is 0 Å². The summed E-state index contributed by atoms with van der Waals surface area (Å²) < 4.78 is 41.9. The smallest absolute Gasteiger partial charge is 0.416 e. The van der Waals surface area contributed by atoms with E-state index in [0.29, 0.717) is 12.2 Å². The zero-order valence-corrected chi connectivity index (χ0v) is 10.3. The number of ether oxygens (including phenoxy) is 1. The Kier molecular flexibility index (Phi) is 4.76. The zero-order valence-electron chi connectivity index (χ0n) is 10.3. The van der Waals surface area contributed by atoms with Gasteiger partial charge in [-0.2, -0.15) is 13.2 Å². The Morgan fingerprint density at radius 2 is 1.83 bits per heavy atom. The van der Waals surface area contributed by atoms with Gasteiger partial charge in [-0.1, -0.05) is 19.1 Å². The number of carbonyl (C=O) groups is 1. The molecule has 1 aromatic carbocycles. The summed E-state index contributed by atoms with van der Waals surface area (Å²) in [5.74, 6) is -0.503. The van der Waals surface area contributed by atoms with Crippen LogP contribution in [0.15, 0.2) is 24.3 Å². The van der Waals surface area contributed by atoms with Crippen LogP contribution in [0.3, 0.4) is 0 Å². The molecule has 0 unspecified atom stereocenters. The Morgan fingerprint density at radius 1 is 1.28 bits per heavy atom. The first-order valence-corrected chi connectivity index (χ1v) is 5.67. The second-order valence-corrected chi connectivity index (χ2v) is 4.03. The molecule has 2 nitrogen and oxygen atoms in total. The first-order valence-electron chi connectivity index (χ1n) is 5.67. The van der Waals surface area contributed by atoms with Gasteiger partial charge in [0.15, 0.2) is 0 Å². The molecule has 0 aliphatic carbocycles. The van der Waals surface area contributed by atoms with Crippen LogP contribution in [0.1, 0.15) is 37.3 Å². The molecular formula is C13H15F3O2. The van der Waals surface area contributed by atoms with E-state index in [1.807, 2.05) is 0 Å². The summed E-state index contributed by atoms with van der Waals surface area (Å²) in [6, 6.07) is 4.84. The van der Waals surface area contributed by atoms with Gasteiger partial charge in [-0.25, -0.2) is 0 Å². The monoisotopic (exact) mass is 260 g/mol. The highest BCUT2D eigenvalue weighted by atomic mass is 19.4. The van der Waals surface area contributed by atoms with Crippen molar-refractivity contribution in [3.63, 3.8) is 0 Å². The van der Waals surface area contributed by atoms with Crippen molar-refractivity contribution < 1.29 is 22.7 Å². The topological polar surface area (TPSA) is 26.3 Å². The van der Waals surface area contributed by atoms with Gasteiger partial charge in [-0.05, 0) is 30.5 Å². The predicted molar refractivity (Wildman–Crippen MR) is 61.1 cm³/mol. The molecule has 18 heavy (non-hydrogen) atoms. The average molecular weight is 260 g/mol. The maximum Gasteiger partial charge on any atom is 0.416 e. The van der Waals surface area contributed by atoms with Crippen LogP contribution in [0.2, 0.25) is 0 Å². The van der Waals surface area contributed by atoms with E-state index in [4.69, 9.17) is 4.74 Å². The quantitative estimate of drug-likeness (QED) is 0.770. The lowest BCUT2D eigenvalue weighted by molar-refractivity contribution is -0.143. The third kappa shape index (κ3) is 4.05. The first-order chi connectivity index (χ1) is 8.34. The van der Waals surface area contributed by atoms with E-state index in [-0.39, 0.29) is 18.3 Å². The van der Waals surface area contributed by atoms with Crippen LogP contribution in [-0.2, 0) is 15.7 Å². The summed E-state index contributed by atoms with van der Waals surface area (Å²) in [7, 11) is 0. The third-order valence-electron chi connectivity index (χ3n) is 2.59. The molecule has 0 fully saturated rings. The van der Waals surface area contributed by atoms with Crippen molar-refractivity contribution in [2.45, 2.75) is 32.4 Å². The largest absolute Gasteiger partial charge is 0.466 e. The molecule has 5 heteroatoms. The summed E-state index contributed by atoms with van der Waals surface area (Å²) in [5, 5.41) is 0. The van der Waals surface area contributed by atoms with Gasteiger partial charge in [0.05, 0.1) is 18.6 Å². The van der Waals surface area contributed by atoms with Gasteiger partial charge in [0.25, 0.3) is 0 Å². The van der Waals surface area contributed by atoms with Gasteiger partial charge in [0, 0.05) is 0 Å². The second-order valence-electron chi connectivity index (χ2n) is 4.03. The third-order valence-corrected chi connectivity index (χ3v) is 2.59. The Morgan fingerprint density at radius 3 is 2.28 bits per heavy atom. The molecule has 100 valence electrons. The van der Waals surface area contributed by atoms with E-state index < -0.39 is 11.7 Å². The van der Waals surface area contributed by atoms with Crippen LogP contribution in [0.25, 0.3) is 0 Å². The minimum absolute atomic E-state index is 0.161. The molecule has 0 radical (unpaired) electrons. The molecule has 0 saturated carbocycles. The highest BCUT2D eigenvalue weighted by Crippen LogP contribution is 2.30. The van der Waals surface area contributed by atoms with E-state index in [1.54, 1.807) is 13.8 Å². The molecule has 0 N–H and O–H groups in total. The number of carbonyl (C=O) groups excluding carboxylic acids is 1. The molecule has 0 aromatic heterocycles. The number of halogens is 3. The summed E-state index contributed by atoms with van der Waals surface area (Å²) in [6.45, 7) is 3.79. The number of hydrogen-bond acceptors (Lipinski definition) is 2. The van der Waals surface area contributed by atoms with Crippen LogP contribution in [0.4, 0.5) is 13.2 Å². The van der Waals surface area contributed by atoms with Crippen molar-refractivity contribution in [3.8, 4) is 0 Å². The number of benzene rings is 1. The molecule has 1 atom stereocenters. The molecule has 0 aliphatic rings. The number of rotatable bonds is 4. The van der Waals surface area contributed by atoms with Crippen molar-refractivity contribution >= 4 is 5.97 Å². The van der Waals surface area contributed by atoms with Crippen molar-refractivity contribution in [1.29, 1.82) is 0 Å². The normalized spacial score (nSPS) is 13.2. The fourth-order valence-electron chi connectivity index (χ4n) is 1.59. The van der Waals surface area contributed by atoms with Gasteiger partial charge < -0.3 is 4.74 Å². The van der Waals surface area contributed by atoms with E-state index in [1.165, 1.54) is 12.1 Å². The van der Waals surface area contributed by atoms with Crippen molar-refractivity contribution in [2.24, 2.45) is 0 Å². The minimum atomic E-state index is -4.33. The second kappa shape index (κ2) is 5.89. The molecule has 0 aliphatic heterocycles. The molecule has 1 aromatic rings. The van der Waals surface area contributed by atoms with Gasteiger partial charge >= 0.3 is 12.1 Å². The van der Waals surface area contributed by atoms with Crippen LogP contribution >= 0.6 is 0 Å². The molecule has 1 rings (SSSR count). The van der Waals surface area contributed by atoms with Crippen LogP contribution < -0.4 is 0 Å². The van der Waals surface area contributed by atoms with Gasteiger partial charge in [0.2, 0.25) is 0 Å². The van der Waals surface area contributed by atoms with Gasteiger partial charge in [-0.3, -0.25) is 4.79 Å². The van der Waals surface area contributed by atoms with Crippen LogP contribution in [-0.4, -0.2) is 12.6 Å². The van der Waals surface area contributed by atoms with Crippen LogP contribution in [0, 0.1) is 0 Å². The molecule has 0 bridgehead atoms. The SMILES string of the molecule is CCOC(=O)C[C@@H](C)c1ccc(C(F)(F)F)cc1. The Labute approximate surface area is 104 Å². The highest BCUT2D eigenvalue weighted by Gasteiger charge is 2.30. The fourth-order valence-corrected chi connectivity index (χ4v) is 1.59. The maximum atomic E-state index is 12.4. The molecule has 0 spiro atoms. The average Bonchev–Trinajstić information content (AvgIpc) is 2.28. The van der Waals surface area contributed by atoms with E-state index in [2.05, 4.69) is 0 Å². The molecule has 0 amide bonds. The van der Waals surface area contributed by atoms with Crippen LogP contribution in [0.5, 0.6) is 0 Å². The summed E-state index contributed by atoms with van der Waals surface area (Å²) in [4.78, 5) is 11.3. The number of alkyl halides is 3. The summed E-state index contributed by atoms with van der Waals surface area (Å²) in [5.41, 5.74) is 0.00522. The Balaban J connectivity index is 2.70. The van der Waals surface area contributed by atoms with E-state index in [9.17, 15) is 18.0 Å². The number of hydrogen-bond donors (Lipinski definition) is 0. The fraction of sp³-hybridized carbons (Fsp3) is 0.462. The van der Waals surface area contributed by atoms with Gasteiger partial charge in [-0.15, -0.1) is 0 Å². The standard InChI is InChI=1S/C13H15F3O2/c1-3-18-12(17)8-9(2)10-4-6-11(7-5-10)13(14,15)16/h4-7,9H,3,8H2,1-2H3/t9-/m1/s1. The molecular weight excluding hydrogens is 245 g/mol. The number of esters is 1. The maximum absolute atomic E-state index is 12.4. The summed E-state index contributed by atoms with van der Waals surface area (Å²) >= 11 is 0. The van der Waals surface area contributed by atoms with Gasteiger partial charge in [0.1, 0.15) is 0 Å². The Bertz CT molecular complexity index is 396. The lowest BCUT2D eigenvalue weighted by Gasteiger charge is -2.12. The van der Waals surface area contributed by atoms with Crippen molar-refractivity contribution in [2.75, 3.05) is 6.61 Å². The lowest BCUT2D eigenvalue weighted by Crippen LogP contribution is -2.09. The first kappa shape index (κ1) is 14.5. The molecule has 0 heterocycles. The molecule has 0 saturated heterocycles. The van der Waals surface area contributed by atoms with Crippen molar-refractivity contribution in [3.05, 3.63) is 35.4 Å². The van der Waals surface area contributed by atoms with E-state index in [0.717, 1.165) is 12.1 Å². The summed E-state index contributed by atoms with van der Waals surface area (Å²) in [6.07, 6.45) is -4.16.